The van der Waals surface area contributed by atoms with Crippen LogP contribution >= 0.6 is 0 Å². The first-order chi connectivity index (χ1) is 9.31. The molecule has 0 aliphatic carbocycles. The molecule has 0 saturated carbocycles. The second-order valence-corrected chi connectivity index (χ2v) is 4.11. The van der Waals surface area contributed by atoms with Crippen LogP contribution in [-0.4, -0.2) is 11.6 Å². The van der Waals surface area contributed by atoms with Gasteiger partial charge in [0.25, 0.3) is 0 Å². The lowest BCUT2D eigenvalue weighted by atomic mass is 10.2. The summed E-state index contributed by atoms with van der Waals surface area (Å²) in [5.41, 5.74) is 2.99. The predicted octanol–water partition coefficient (Wildman–Crippen LogP) is 3.44. The van der Waals surface area contributed by atoms with Crippen LogP contribution in [0.2, 0.25) is 0 Å². The van der Waals surface area contributed by atoms with E-state index in [1.807, 2.05) is 43.5 Å². The number of benzene rings is 1. The number of nitrogens with zero attached hydrogens (tertiary/aromatic N) is 1. The minimum atomic E-state index is 0.679. The number of ether oxygens (including phenoxy) is 1. The van der Waals surface area contributed by atoms with Crippen LogP contribution in [0.15, 0.2) is 42.6 Å². The van der Waals surface area contributed by atoms with Gasteiger partial charge in [0, 0.05) is 11.8 Å². The largest absolute Gasteiger partial charge is 0.494 e. The van der Waals surface area contributed by atoms with Gasteiger partial charge in [-0.1, -0.05) is 18.9 Å². The van der Waals surface area contributed by atoms with Gasteiger partial charge in [-0.2, -0.15) is 0 Å². The van der Waals surface area contributed by atoms with Crippen LogP contribution in [0.5, 0.6) is 5.75 Å². The zero-order valence-electron chi connectivity index (χ0n) is 11.3. The molecule has 0 N–H and O–H groups in total. The monoisotopic (exact) mass is 251 g/mol. The highest BCUT2D eigenvalue weighted by molar-refractivity contribution is 5.42. The standard InChI is InChI=1S/C17H17NO/c1-3-14-5-9-16(18-13-14)10-6-15-7-11-17(12-8-15)19-4-2/h5,7-9,11-13H,3-4H2,1-2H3. The van der Waals surface area contributed by atoms with Gasteiger partial charge in [-0.25, -0.2) is 4.98 Å². The highest BCUT2D eigenvalue weighted by Crippen LogP contribution is 2.11. The molecule has 0 spiro atoms. The Morgan fingerprint density at radius 2 is 1.79 bits per heavy atom. The summed E-state index contributed by atoms with van der Waals surface area (Å²) in [6.07, 6.45) is 2.88. The first-order valence-electron chi connectivity index (χ1n) is 6.51. The number of hydrogen-bond acceptors (Lipinski definition) is 2. The molecule has 0 aliphatic heterocycles. The Kier molecular flexibility index (Phi) is 4.58. The lowest BCUT2D eigenvalue weighted by Crippen LogP contribution is -1.90. The van der Waals surface area contributed by atoms with E-state index in [0.717, 1.165) is 23.4 Å². The Bertz CT molecular complexity index is 573. The normalized spacial score (nSPS) is 9.58. The second-order valence-electron chi connectivity index (χ2n) is 4.11. The fourth-order valence-corrected chi connectivity index (χ4v) is 1.64. The van der Waals surface area contributed by atoms with Crippen molar-refractivity contribution < 1.29 is 4.74 Å². The Labute approximate surface area is 114 Å². The summed E-state index contributed by atoms with van der Waals surface area (Å²) in [4.78, 5) is 4.31. The van der Waals surface area contributed by atoms with E-state index < -0.39 is 0 Å². The first-order valence-corrected chi connectivity index (χ1v) is 6.51. The first kappa shape index (κ1) is 13.2. The maximum atomic E-state index is 5.39. The molecule has 1 heterocycles. The number of aryl methyl sites for hydroxylation is 1. The van der Waals surface area contributed by atoms with Crippen LogP contribution in [0.3, 0.4) is 0 Å². The lowest BCUT2D eigenvalue weighted by molar-refractivity contribution is 0.340. The van der Waals surface area contributed by atoms with Crippen molar-refractivity contribution in [2.24, 2.45) is 0 Å². The molecular weight excluding hydrogens is 234 g/mol. The minimum absolute atomic E-state index is 0.679. The van der Waals surface area contributed by atoms with Crippen LogP contribution in [-0.2, 0) is 6.42 Å². The van der Waals surface area contributed by atoms with Crippen molar-refractivity contribution in [3.05, 3.63) is 59.4 Å². The Morgan fingerprint density at radius 3 is 2.37 bits per heavy atom. The van der Waals surface area contributed by atoms with Gasteiger partial charge >= 0.3 is 0 Å². The van der Waals surface area contributed by atoms with Gasteiger partial charge in [-0.05, 0) is 55.2 Å². The van der Waals surface area contributed by atoms with Gasteiger partial charge in [0.2, 0.25) is 0 Å². The Hall–Kier alpha value is -2.27. The highest BCUT2D eigenvalue weighted by atomic mass is 16.5. The molecule has 0 bridgehead atoms. The Balaban J connectivity index is 2.09. The van der Waals surface area contributed by atoms with Crippen LogP contribution in [0.4, 0.5) is 0 Å². The smallest absolute Gasteiger partial charge is 0.119 e. The molecule has 0 saturated heterocycles. The van der Waals surface area contributed by atoms with E-state index in [-0.39, 0.29) is 0 Å². The molecule has 0 unspecified atom stereocenters. The van der Waals surface area contributed by atoms with E-state index in [1.54, 1.807) is 0 Å². The third kappa shape index (κ3) is 3.86. The molecule has 0 fully saturated rings. The van der Waals surface area contributed by atoms with E-state index in [2.05, 4.69) is 29.8 Å². The summed E-state index contributed by atoms with van der Waals surface area (Å²) in [5, 5.41) is 0. The topological polar surface area (TPSA) is 22.1 Å². The van der Waals surface area contributed by atoms with Crippen molar-refractivity contribution in [3.63, 3.8) is 0 Å². The van der Waals surface area contributed by atoms with E-state index in [4.69, 9.17) is 4.74 Å². The molecule has 0 amide bonds. The summed E-state index contributed by atoms with van der Waals surface area (Å²) in [7, 11) is 0. The van der Waals surface area contributed by atoms with Crippen LogP contribution in [0.25, 0.3) is 0 Å². The van der Waals surface area contributed by atoms with Crippen molar-refractivity contribution in [1.82, 2.24) is 4.98 Å². The fourth-order valence-electron chi connectivity index (χ4n) is 1.64. The van der Waals surface area contributed by atoms with E-state index in [1.165, 1.54) is 5.56 Å². The number of pyridine rings is 1. The number of aromatic nitrogens is 1. The quantitative estimate of drug-likeness (QED) is 0.780. The van der Waals surface area contributed by atoms with Crippen molar-refractivity contribution in [3.8, 4) is 17.6 Å². The molecule has 0 radical (unpaired) electrons. The number of hydrogen-bond donors (Lipinski definition) is 0. The lowest BCUT2D eigenvalue weighted by Gasteiger charge is -2.01. The summed E-state index contributed by atoms with van der Waals surface area (Å²) in [6.45, 7) is 4.76. The average Bonchev–Trinajstić information content (AvgIpc) is 2.47. The van der Waals surface area contributed by atoms with Crippen LogP contribution in [0, 0.1) is 11.8 Å². The highest BCUT2D eigenvalue weighted by Gasteiger charge is 1.93. The Morgan fingerprint density at radius 1 is 1.00 bits per heavy atom. The molecule has 1 aromatic heterocycles. The zero-order chi connectivity index (χ0) is 13.5. The van der Waals surface area contributed by atoms with Crippen molar-refractivity contribution >= 4 is 0 Å². The van der Waals surface area contributed by atoms with Gasteiger partial charge in [0.15, 0.2) is 0 Å². The van der Waals surface area contributed by atoms with E-state index >= 15 is 0 Å². The fraction of sp³-hybridized carbons (Fsp3) is 0.235. The van der Waals surface area contributed by atoms with Gasteiger partial charge in [0.1, 0.15) is 11.4 Å². The summed E-state index contributed by atoms with van der Waals surface area (Å²) >= 11 is 0. The van der Waals surface area contributed by atoms with Gasteiger partial charge in [-0.3, -0.25) is 0 Å². The van der Waals surface area contributed by atoms with Crippen LogP contribution in [0.1, 0.15) is 30.7 Å². The van der Waals surface area contributed by atoms with Gasteiger partial charge in [-0.15, -0.1) is 0 Å². The molecule has 96 valence electrons. The summed E-state index contributed by atoms with van der Waals surface area (Å²) in [6, 6.07) is 11.8. The minimum Gasteiger partial charge on any atom is -0.494 e. The van der Waals surface area contributed by atoms with E-state index in [0.29, 0.717) is 6.61 Å². The number of rotatable bonds is 3. The molecule has 1 aromatic carbocycles. The second kappa shape index (κ2) is 6.61. The SMILES string of the molecule is CCOc1ccc(C#Cc2ccc(CC)cn2)cc1. The average molecular weight is 251 g/mol. The summed E-state index contributed by atoms with van der Waals surface area (Å²) in [5.74, 6) is 7.04. The third-order valence-corrected chi connectivity index (χ3v) is 2.73. The molecule has 0 atom stereocenters. The van der Waals surface area contributed by atoms with Crippen molar-refractivity contribution in [1.29, 1.82) is 0 Å². The summed E-state index contributed by atoms with van der Waals surface area (Å²) < 4.78 is 5.39. The maximum absolute atomic E-state index is 5.39. The van der Waals surface area contributed by atoms with Crippen molar-refractivity contribution in [2.75, 3.05) is 6.61 Å². The molecule has 2 heteroatoms. The molecule has 2 aromatic rings. The molecular formula is C17H17NO. The maximum Gasteiger partial charge on any atom is 0.119 e. The van der Waals surface area contributed by atoms with Crippen LogP contribution < -0.4 is 4.74 Å². The molecule has 2 nitrogen and oxygen atoms in total. The van der Waals surface area contributed by atoms with E-state index in [9.17, 15) is 0 Å². The predicted molar refractivity (Wildman–Crippen MR) is 77.2 cm³/mol. The zero-order valence-corrected chi connectivity index (χ0v) is 11.3. The van der Waals surface area contributed by atoms with Crippen molar-refractivity contribution in [2.45, 2.75) is 20.3 Å². The molecule has 19 heavy (non-hydrogen) atoms. The third-order valence-electron chi connectivity index (χ3n) is 2.73. The molecule has 0 aliphatic rings. The van der Waals surface area contributed by atoms with Gasteiger partial charge in [0.05, 0.1) is 6.61 Å². The molecule has 2 rings (SSSR count). The van der Waals surface area contributed by atoms with Gasteiger partial charge < -0.3 is 4.74 Å².